The first kappa shape index (κ1) is 16.3. The van der Waals surface area contributed by atoms with Crippen molar-refractivity contribution in [2.75, 3.05) is 0 Å². The lowest BCUT2D eigenvalue weighted by Crippen LogP contribution is -2.37. The van der Waals surface area contributed by atoms with E-state index < -0.39 is 17.2 Å². The van der Waals surface area contributed by atoms with Gasteiger partial charge in [0.15, 0.2) is 16.6 Å². The Morgan fingerprint density at radius 2 is 2.00 bits per heavy atom. The largest absolute Gasteiger partial charge is 0.328 e. The minimum absolute atomic E-state index is 0.0703. The lowest BCUT2D eigenvalue weighted by Gasteiger charge is -2.24. The fourth-order valence-electron chi connectivity index (χ4n) is 3.34. The van der Waals surface area contributed by atoms with Gasteiger partial charge in [-0.05, 0) is 31.4 Å². The molecule has 0 spiro atoms. The first-order valence-corrected chi connectivity index (χ1v) is 8.17. The summed E-state index contributed by atoms with van der Waals surface area (Å²) in [6.07, 6.45) is 3.20. The Morgan fingerprint density at radius 1 is 1.28 bits per heavy atom. The van der Waals surface area contributed by atoms with E-state index in [0.29, 0.717) is 24.2 Å². The Kier molecular flexibility index (Phi) is 3.71. The molecule has 0 radical (unpaired) electrons. The number of aromatic nitrogens is 4. The molecule has 0 aliphatic heterocycles. The predicted octanol–water partition coefficient (Wildman–Crippen LogP) is 2.39. The van der Waals surface area contributed by atoms with E-state index in [-0.39, 0.29) is 22.6 Å². The highest BCUT2D eigenvalue weighted by Gasteiger charge is 2.40. The van der Waals surface area contributed by atoms with Crippen molar-refractivity contribution in [3.05, 3.63) is 46.9 Å². The molecule has 2 unspecified atom stereocenters. The van der Waals surface area contributed by atoms with Gasteiger partial charge in [-0.15, -0.1) is 5.10 Å². The number of hydrogen-bond donors (Lipinski definition) is 2. The normalized spacial score (nSPS) is 23.5. The van der Waals surface area contributed by atoms with Crippen LogP contribution in [0, 0.1) is 11.6 Å². The van der Waals surface area contributed by atoms with Gasteiger partial charge in [0.25, 0.3) is 0 Å². The van der Waals surface area contributed by atoms with Crippen LogP contribution in [0.3, 0.4) is 0 Å². The predicted molar refractivity (Wildman–Crippen MR) is 88.8 cm³/mol. The summed E-state index contributed by atoms with van der Waals surface area (Å²) in [6, 6.07) is 3.49. The van der Waals surface area contributed by atoms with E-state index in [2.05, 4.69) is 15.1 Å². The third-order valence-corrected chi connectivity index (χ3v) is 4.82. The molecule has 130 valence electrons. The van der Waals surface area contributed by atoms with E-state index in [9.17, 15) is 8.78 Å². The maximum Gasteiger partial charge on any atom is 0.186 e. The standard InChI is InChI=1S/C16H15ClF2N6/c17-11-7-22-15-13(16(21)5-4-8(20)6-16)23-14(24-25(11)15)12-9(18)2-1-3-10(12)19/h1-3,7-8H,4-6,20-21H2. The second-order valence-corrected chi connectivity index (χ2v) is 6.74. The zero-order valence-corrected chi connectivity index (χ0v) is 13.8. The lowest BCUT2D eigenvalue weighted by atomic mass is 9.94. The van der Waals surface area contributed by atoms with Gasteiger partial charge in [0, 0.05) is 6.04 Å². The van der Waals surface area contributed by atoms with Gasteiger partial charge in [-0.25, -0.2) is 18.7 Å². The van der Waals surface area contributed by atoms with Crippen LogP contribution in [0.4, 0.5) is 8.78 Å². The number of imidazole rings is 1. The van der Waals surface area contributed by atoms with Crippen molar-refractivity contribution in [3.8, 4) is 11.4 Å². The van der Waals surface area contributed by atoms with Crippen LogP contribution in [-0.4, -0.2) is 25.6 Å². The maximum atomic E-state index is 14.2. The second kappa shape index (κ2) is 5.69. The van der Waals surface area contributed by atoms with Gasteiger partial charge in [-0.2, -0.15) is 4.52 Å². The van der Waals surface area contributed by atoms with Crippen LogP contribution >= 0.6 is 11.6 Å². The summed E-state index contributed by atoms with van der Waals surface area (Å²) in [6.45, 7) is 0. The molecule has 1 aromatic carbocycles. The van der Waals surface area contributed by atoms with Crippen LogP contribution in [0.2, 0.25) is 5.15 Å². The van der Waals surface area contributed by atoms with E-state index in [0.717, 1.165) is 18.6 Å². The minimum Gasteiger partial charge on any atom is -0.328 e. The van der Waals surface area contributed by atoms with Crippen molar-refractivity contribution >= 4 is 17.2 Å². The number of nitrogens with zero attached hydrogens (tertiary/aromatic N) is 4. The third kappa shape index (κ3) is 2.57. The molecule has 2 aromatic heterocycles. The van der Waals surface area contributed by atoms with Gasteiger partial charge in [0.05, 0.1) is 17.3 Å². The van der Waals surface area contributed by atoms with Crippen LogP contribution in [0.15, 0.2) is 24.4 Å². The Balaban J connectivity index is 2.00. The Morgan fingerprint density at radius 3 is 2.64 bits per heavy atom. The van der Waals surface area contributed by atoms with E-state index >= 15 is 0 Å². The molecule has 0 bridgehead atoms. The number of nitrogens with two attached hydrogens (primary N) is 2. The molecular weight excluding hydrogens is 350 g/mol. The zero-order chi connectivity index (χ0) is 17.8. The summed E-state index contributed by atoms with van der Waals surface area (Å²) < 4.78 is 29.7. The Labute approximate surface area is 146 Å². The highest BCUT2D eigenvalue weighted by Crippen LogP contribution is 2.37. The van der Waals surface area contributed by atoms with Gasteiger partial charge in [0.2, 0.25) is 0 Å². The van der Waals surface area contributed by atoms with E-state index in [1.54, 1.807) is 0 Å². The quantitative estimate of drug-likeness (QED) is 0.728. The number of hydrogen-bond acceptors (Lipinski definition) is 5. The van der Waals surface area contributed by atoms with Crippen molar-refractivity contribution in [3.63, 3.8) is 0 Å². The summed E-state index contributed by atoms with van der Waals surface area (Å²) in [7, 11) is 0. The maximum absolute atomic E-state index is 14.2. The SMILES string of the molecule is NC1CCC(N)(c2nc(-c3c(F)cccc3F)nn3c(Cl)cnc23)C1. The highest BCUT2D eigenvalue weighted by molar-refractivity contribution is 6.29. The summed E-state index contributed by atoms with van der Waals surface area (Å²) in [4.78, 5) is 8.59. The first-order chi connectivity index (χ1) is 11.9. The van der Waals surface area contributed by atoms with Crippen molar-refractivity contribution < 1.29 is 8.78 Å². The molecule has 1 aliphatic carbocycles. The van der Waals surface area contributed by atoms with Crippen molar-refractivity contribution in [2.45, 2.75) is 30.8 Å². The van der Waals surface area contributed by atoms with Gasteiger partial charge < -0.3 is 11.5 Å². The molecule has 1 aliphatic rings. The summed E-state index contributed by atoms with van der Waals surface area (Å²) in [5.74, 6) is -1.67. The monoisotopic (exact) mass is 364 g/mol. The highest BCUT2D eigenvalue weighted by atomic mass is 35.5. The Bertz CT molecular complexity index is 954. The molecule has 3 aromatic rings. The fraction of sp³-hybridized carbons (Fsp3) is 0.312. The van der Waals surface area contributed by atoms with E-state index in [1.807, 2.05) is 0 Å². The molecule has 2 atom stereocenters. The number of halogens is 3. The summed E-state index contributed by atoms with van der Waals surface area (Å²) in [5, 5.41) is 4.35. The smallest absolute Gasteiger partial charge is 0.186 e. The van der Waals surface area contributed by atoms with E-state index in [1.165, 1.54) is 16.8 Å². The molecule has 9 heteroatoms. The summed E-state index contributed by atoms with van der Waals surface area (Å²) in [5.41, 5.74) is 12.1. The van der Waals surface area contributed by atoms with Crippen LogP contribution in [0.25, 0.3) is 17.0 Å². The van der Waals surface area contributed by atoms with E-state index in [4.69, 9.17) is 23.1 Å². The van der Waals surface area contributed by atoms with Gasteiger partial charge in [0.1, 0.15) is 17.3 Å². The molecule has 1 fully saturated rings. The molecule has 4 N–H and O–H groups in total. The average Bonchev–Trinajstić information content (AvgIpc) is 3.10. The van der Waals surface area contributed by atoms with Crippen molar-refractivity contribution in [1.29, 1.82) is 0 Å². The molecule has 25 heavy (non-hydrogen) atoms. The fourth-order valence-corrected chi connectivity index (χ4v) is 3.50. The second-order valence-electron chi connectivity index (χ2n) is 6.36. The third-order valence-electron chi connectivity index (χ3n) is 4.57. The average molecular weight is 365 g/mol. The lowest BCUT2D eigenvalue weighted by molar-refractivity contribution is 0.440. The van der Waals surface area contributed by atoms with Gasteiger partial charge in [-0.3, -0.25) is 0 Å². The number of benzene rings is 1. The van der Waals surface area contributed by atoms with Crippen molar-refractivity contribution in [2.24, 2.45) is 11.5 Å². The zero-order valence-electron chi connectivity index (χ0n) is 13.1. The molecule has 4 rings (SSSR count). The first-order valence-electron chi connectivity index (χ1n) is 7.80. The summed E-state index contributed by atoms with van der Waals surface area (Å²) >= 11 is 6.12. The van der Waals surface area contributed by atoms with Gasteiger partial charge in [-0.1, -0.05) is 17.7 Å². The van der Waals surface area contributed by atoms with Crippen LogP contribution in [0.1, 0.15) is 25.0 Å². The Hall–Kier alpha value is -2.16. The molecule has 2 heterocycles. The topological polar surface area (TPSA) is 95.1 Å². The molecule has 6 nitrogen and oxygen atoms in total. The van der Waals surface area contributed by atoms with Crippen LogP contribution < -0.4 is 11.5 Å². The van der Waals surface area contributed by atoms with Crippen LogP contribution in [0.5, 0.6) is 0 Å². The molecular formula is C16H15ClF2N6. The number of fused-ring (bicyclic) bond motifs is 1. The molecule has 0 saturated heterocycles. The van der Waals surface area contributed by atoms with Crippen molar-refractivity contribution in [1.82, 2.24) is 19.6 Å². The van der Waals surface area contributed by atoms with Gasteiger partial charge >= 0.3 is 0 Å². The minimum atomic E-state index is -0.852. The van der Waals surface area contributed by atoms with Crippen LogP contribution in [-0.2, 0) is 5.54 Å². The molecule has 0 amide bonds. The molecule has 1 saturated carbocycles. The number of rotatable bonds is 2.